The van der Waals surface area contributed by atoms with E-state index in [4.69, 9.17) is 10.5 Å². The molecule has 2 nitrogen and oxygen atoms in total. The normalized spacial score (nSPS) is 10.4. The highest BCUT2D eigenvalue weighted by Gasteiger charge is 1.97. The fourth-order valence-corrected chi connectivity index (χ4v) is 2.63. The maximum atomic E-state index is 5.72. The fourth-order valence-electron chi connectivity index (χ4n) is 1.79. The molecule has 0 heterocycles. The first-order chi connectivity index (χ1) is 9.28. The molecule has 0 atom stereocenters. The van der Waals surface area contributed by atoms with Crippen molar-refractivity contribution in [3.63, 3.8) is 0 Å². The van der Waals surface area contributed by atoms with E-state index in [1.165, 1.54) is 10.5 Å². The highest BCUT2D eigenvalue weighted by Crippen LogP contribution is 2.19. The molecule has 0 unspecified atom stereocenters. The van der Waals surface area contributed by atoms with E-state index >= 15 is 0 Å². The van der Waals surface area contributed by atoms with Crippen molar-refractivity contribution in [3.8, 4) is 5.75 Å². The summed E-state index contributed by atoms with van der Waals surface area (Å²) in [5, 5.41) is 0. The first-order valence-corrected chi connectivity index (χ1v) is 7.38. The molecule has 0 aromatic heterocycles. The van der Waals surface area contributed by atoms with Gasteiger partial charge in [-0.2, -0.15) is 0 Å². The maximum absolute atomic E-state index is 5.72. The first kappa shape index (κ1) is 14.0. The molecule has 2 aromatic carbocycles. The summed E-state index contributed by atoms with van der Waals surface area (Å²) in [7, 11) is 0. The monoisotopic (exact) mass is 273 g/mol. The zero-order chi connectivity index (χ0) is 13.5. The average molecular weight is 273 g/mol. The minimum Gasteiger partial charge on any atom is -0.493 e. The zero-order valence-electron chi connectivity index (χ0n) is 11.1. The molecule has 0 aliphatic heterocycles. The molecule has 19 heavy (non-hydrogen) atoms. The Kier molecular flexibility index (Phi) is 5.31. The summed E-state index contributed by atoms with van der Waals surface area (Å²) in [6.45, 7) is 3.36. The van der Waals surface area contributed by atoms with E-state index in [-0.39, 0.29) is 0 Å². The van der Waals surface area contributed by atoms with Gasteiger partial charge in [0.25, 0.3) is 0 Å². The molecule has 0 aliphatic carbocycles. The van der Waals surface area contributed by atoms with Crippen molar-refractivity contribution >= 4 is 11.8 Å². The van der Waals surface area contributed by atoms with E-state index in [0.717, 1.165) is 17.1 Å². The lowest BCUT2D eigenvalue weighted by Crippen LogP contribution is -2.01. The van der Waals surface area contributed by atoms with Crippen molar-refractivity contribution in [1.82, 2.24) is 0 Å². The molecule has 0 saturated carbocycles. The summed E-state index contributed by atoms with van der Waals surface area (Å²) in [5.74, 6) is 1.84. The standard InChI is InChI=1S/C16H19NOS/c1-13-4-2-7-16(10-13)19-9-8-18-15-6-3-5-14(11-15)12-17/h2-7,10-11H,8-9,12,17H2,1H3. The highest BCUT2D eigenvalue weighted by molar-refractivity contribution is 7.99. The fraction of sp³-hybridized carbons (Fsp3) is 0.250. The molecule has 0 amide bonds. The van der Waals surface area contributed by atoms with Crippen LogP contribution in [0.1, 0.15) is 11.1 Å². The number of hydrogen-bond donors (Lipinski definition) is 1. The maximum Gasteiger partial charge on any atom is 0.119 e. The molecular formula is C16H19NOS. The van der Waals surface area contributed by atoms with Crippen molar-refractivity contribution in [2.24, 2.45) is 5.73 Å². The van der Waals surface area contributed by atoms with E-state index in [2.05, 4.69) is 31.2 Å². The van der Waals surface area contributed by atoms with Crippen LogP contribution in [0.2, 0.25) is 0 Å². The summed E-state index contributed by atoms with van der Waals surface area (Å²) in [6, 6.07) is 16.5. The van der Waals surface area contributed by atoms with Gasteiger partial charge in [-0.25, -0.2) is 0 Å². The van der Waals surface area contributed by atoms with Gasteiger partial charge >= 0.3 is 0 Å². The van der Waals surface area contributed by atoms with Gasteiger partial charge in [0.15, 0.2) is 0 Å². The zero-order valence-corrected chi connectivity index (χ0v) is 12.0. The lowest BCUT2D eigenvalue weighted by Gasteiger charge is -2.07. The van der Waals surface area contributed by atoms with E-state index < -0.39 is 0 Å². The Morgan fingerprint density at radius 2 is 1.95 bits per heavy atom. The minimum absolute atomic E-state index is 0.551. The van der Waals surface area contributed by atoms with Gasteiger partial charge in [-0.15, -0.1) is 11.8 Å². The van der Waals surface area contributed by atoms with Crippen molar-refractivity contribution < 1.29 is 4.74 Å². The van der Waals surface area contributed by atoms with Gasteiger partial charge in [-0.1, -0.05) is 29.8 Å². The third-order valence-electron chi connectivity index (χ3n) is 2.74. The Morgan fingerprint density at radius 3 is 2.74 bits per heavy atom. The predicted molar refractivity (Wildman–Crippen MR) is 81.7 cm³/mol. The molecule has 2 N–H and O–H groups in total. The quantitative estimate of drug-likeness (QED) is 0.645. The summed E-state index contributed by atoms with van der Waals surface area (Å²) >= 11 is 1.81. The number of aryl methyl sites for hydroxylation is 1. The van der Waals surface area contributed by atoms with Gasteiger partial charge in [0, 0.05) is 17.2 Å². The number of nitrogens with two attached hydrogens (primary N) is 1. The summed E-state index contributed by atoms with van der Waals surface area (Å²) in [6.07, 6.45) is 0. The molecule has 3 heteroatoms. The van der Waals surface area contributed by atoms with Crippen molar-refractivity contribution in [1.29, 1.82) is 0 Å². The van der Waals surface area contributed by atoms with Crippen LogP contribution in [-0.4, -0.2) is 12.4 Å². The number of ether oxygens (including phenoxy) is 1. The van der Waals surface area contributed by atoms with Crippen LogP contribution in [0.5, 0.6) is 5.75 Å². The van der Waals surface area contributed by atoms with E-state index in [0.29, 0.717) is 13.2 Å². The van der Waals surface area contributed by atoms with Gasteiger partial charge in [-0.05, 0) is 36.8 Å². The molecule has 2 aromatic rings. The molecule has 0 spiro atoms. The Balaban J connectivity index is 1.77. The van der Waals surface area contributed by atoms with Crippen LogP contribution in [0.4, 0.5) is 0 Å². The van der Waals surface area contributed by atoms with Crippen LogP contribution >= 0.6 is 11.8 Å². The van der Waals surface area contributed by atoms with E-state index in [9.17, 15) is 0 Å². The Bertz CT molecular complexity index is 528. The van der Waals surface area contributed by atoms with Crippen LogP contribution in [0.15, 0.2) is 53.4 Å². The van der Waals surface area contributed by atoms with Crippen LogP contribution in [-0.2, 0) is 6.54 Å². The summed E-state index contributed by atoms with van der Waals surface area (Å²) < 4.78 is 5.72. The Morgan fingerprint density at radius 1 is 1.11 bits per heavy atom. The second-order valence-corrected chi connectivity index (χ2v) is 5.53. The summed E-state index contributed by atoms with van der Waals surface area (Å²) in [4.78, 5) is 1.29. The van der Waals surface area contributed by atoms with Gasteiger partial charge in [0.05, 0.1) is 6.61 Å². The molecule has 0 bridgehead atoms. The SMILES string of the molecule is Cc1cccc(SCCOc2cccc(CN)c2)c1. The molecule has 2 rings (SSSR count). The third-order valence-corrected chi connectivity index (χ3v) is 3.70. The molecular weight excluding hydrogens is 254 g/mol. The summed E-state index contributed by atoms with van der Waals surface area (Å²) in [5.41, 5.74) is 8.00. The molecule has 100 valence electrons. The smallest absolute Gasteiger partial charge is 0.119 e. The highest BCUT2D eigenvalue weighted by atomic mass is 32.2. The van der Waals surface area contributed by atoms with Gasteiger partial charge in [-0.3, -0.25) is 0 Å². The van der Waals surface area contributed by atoms with Crippen LogP contribution in [0.25, 0.3) is 0 Å². The second kappa shape index (κ2) is 7.22. The number of thioether (sulfide) groups is 1. The minimum atomic E-state index is 0.551. The number of rotatable bonds is 6. The number of hydrogen-bond acceptors (Lipinski definition) is 3. The predicted octanol–water partition coefficient (Wildman–Crippen LogP) is 3.62. The van der Waals surface area contributed by atoms with Gasteiger partial charge < -0.3 is 10.5 Å². The van der Waals surface area contributed by atoms with Crippen molar-refractivity contribution in [2.75, 3.05) is 12.4 Å². The van der Waals surface area contributed by atoms with Gasteiger partial charge in [0.2, 0.25) is 0 Å². The van der Waals surface area contributed by atoms with Crippen LogP contribution in [0.3, 0.4) is 0 Å². The third kappa shape index (κ3) is 4.62. The van der Waals surface area contributed by atoms with E-state index in [1.807, 2.05) is 36.0 Å². The Hall–Kier alpha value is -1.45. The molecule has 0 fully saturated rings. The lowest BCUT2D eigenvalue weighted by atomic mass is 10.2. The van der Waals surface area contributed by atoms with Gasteiger partial charge in [0.1, 0.15) is 5.75 Å². The van der Waals surface area contributed by atoms with Crippen molar-refractivity contribution in [3.05, 3.63) is 59.7 Å². The van der Waals surface area contributed by atoms with Crippen LogP contribution < -0.4 is 10.5 Å². The first-order valence-electron chi connectivity index (χ1n) is 6.39. The Labute approximate surface area is 119 Å². The van der Waals surface area contributed by atoms with Crippen LogP contribution in [0, 0.1) is 6.92 Å². The topological polar surface area (TPSA) is 35.2 Å². The lowest BCUT2D eigenvalue weighted by molar-refractivity contribution is 0.343. The molecule has 0 aliphatic rings. The largest absolute Gasteiger partial charge is 0.493 e. The number of benzene rings is 2. The molecule has 0 radical (unpaired) electrons. The van der Waals surface area contributed by atoms with E-state index in [1.54, 1.807) is 0 Å². The molecule has 0 saturated heterocycles. The average Bonchev–Trinajstić information content (AvgIpc) is 2.44. The second-order valence-electron chi connectivity index (χ2n) is 4.36. The van der Waals surface area contributed by atoms with Crippen molar-refractivity contribution in [2.45, 2.75) is 18.4 Å².